The number of fused-ring (bicyclic) bond motifs is 2. The van der Waals surface area contributed by atoms with Gasteiger partial charge < -0.3 is 33.9 Å². The van der Waals surface area contributed by atoms with Gasteiger partial charge in [-0.15, -0.1) is 11.3 Å². The van der Waals surface area contributed by atoms with Crippen LogP contribution in [0.4, 0.5) is 13.6 Å². The van der Waals surface area contributed by atoms with E-state index in [-0.39, 0.29) is 63.9 Å². The molecule has 7 rings (SSSR count). The van der Waals surface area contributed by atoms with Crippen molar-refractivity contribution in [2.24, 2.45) is 5.92 Å². The number of ether oxygens (including phenoxy) is 3. The SMILES string of the molecule is CC(C)CC(=O)SCCOP(=O)(OCOC(=O)O[C@H]1CCOC1)C(F)(F)c1ccc2sc(C(=O)N[C@H]3CCC[C@H]4CC[C@@H](C(=O)N5CC(c6ncccn6)C5)N4C3=O)cc2c1. The number of aromatic nitrogens is 2. The summed E-state index contributed by atoms with van der Waals surface area (Å²) in [5.74, 6) is -0.364. The van der Waals surface area contributed by atoms with E-state index >= 15 is 8.78 Å². The highest BCUT2D eigenvalue weighted by Gasteiger charge is 2.56. The first-order valence-corrected chi connectivity index (χ1v) is 23.6. The van der Waals surface area contributed by atoms with Gasteiger partial charge in [0.25, 0.3) is 5.91 Å². The van der Waals surface area contributed by atoms with Crippen LogP contribution in [0.5, 0.6) is 0 Å². The Hall–Kier alpha value is -4.07. The summed E-state index contributed by atoms with van der Waals surface area (Å²) in [6.07, 6.45) is 5.10. The minimum atomic E-state index is -5.46. The summed E-state index contributed by atoms with van der Waals surface area (Å²) in [4.78, 5) is 77.8. The molecule has 2 aromatic heterocycles. The standard InChI is InChI=1S/C40H48F2N5O11PS2/c1-24(2)17-34(48)60-16-15-56-59(53,57-23-55-39(52)58-29-11-14-54-22-29)40(41,42)27-7-10-32-25(18-27)19-33(61-32)36(49)45-30-6-3-5-28-8-9-31(47(28)37(30)50)38(51)46-20-26(21-46)35-43-12-4-13-44-35/h4,7,10,12-13,18-19,24,26,28-31H,3,5-6,8-9,11,14-17,20-23H2,1-2H3,(H,45,49)/t28-,29-,30-,31-,59?/m0/s1. The molecule has 1 aromatic carbocycles. The molecule has 3 amide bonds. The molecule has 0 aliphatic carbocycles. The van der Waals surface area contributed by atoms with Crippen molar-refractivity contribution in [3.8, 4) is 0 Å². The quantitative estimate of drug-likeness (QED) is 0.0715. The lowest BCUT2D eigenvalue weighted by Crippen LogP contribution is -2.58. The van der Waals surface area contributed by atoms with Gasteiger partial charge in [0.2, 0.25) is 18.6 Å². The molecule has 6 heterocycles. The summed E-state index contributed by atoms with van der Waals surface area (Å²) >= 11 is 1.86. The number of benzene rings is 1. The van der Waals surface area contributed by atoms with Gasteiger partial charge in [-0.25, -0.2) is 14.8 Å². The summed E-state index contributed by atoms with van der Waals surface area (Å²) < 4.78 is 72.3. The van der Waals surface area contributed by atoms with E-state index in [1.54, 1.807) is 28.3 Å². The van der Waals surface area contributed by atoms with Crippen molar-refractivity contribution in [3.63, 3.8) is 0 Å². The highest BCUT2D eigenvalue weighted by Crippen LogP contribution is 2.67. The van der Waals surface area contributed by atoms with Crippen LogP contribution in [-0.4, -0.2) is 118 Å². The summed E-state index contributed by atoms with van der Waals surface area (Å²) in [7, 11) is -5.46. The van der Waals surface area contributed by atoms with Crippen LogP contribution in [0.15, 0.2) is 42.7 Å². The molecule has 21 heteroatoms. The molecule has 5 atom stereocenters. The van der Waals surface area contributed by atoms with Crippen molar-refractivity contribution in [3.05, 3.63) is 59.0 Å². The van der Waals surface area contributed by atoms with Gasteiger partial charge >= 0.3 is 19.4 Å². The van der Waals surface area contributed by atoms with Crippen molar-refractivity contribution in [1.82, 2.24) is 25.1 Å². The van der Waals surface area contributed by atoms with E-state index in [0.717, 1.165) is 35.2 Å². The minimum Gasteiger partial charge on any atom is -0.428 e. The Bertz CT molecular complexity index is 2140. The van der Waals surface area contributed by atoms with E-state index < -0.39 is 62.5 Å². The van der Waals surface area contributed by atoms with Crippen molar-refractivity contribution in [2.75, 3.05) is 45.5 Å². The van der Waals surface area contributed by atoms with Gasteiger partial charge in [0.1, 0.15) is 24.0 Å². The molecular weight excluding hydrogens is 860 g/mol. The second-order valence-corrected chi connectivity index (χ2v) is 20.1. The largest absolute Gasteiger partial charge is 0.510 e. The van der Waals surface area contributed by atoms with Gasteiger partial charge in [-0.3, -0.25) is 28.3 Å². The van der Waals surface area contributed by atoms with E-state index in [0.29, 0.717) is 68.7 Å². The van der Waals surface area contributed by atoms with E-state index in [1.807, 2.05) is 13.8 Å². The number of carbonyl (C=O) groups is 5. The normalized spacial score (nSPS) is 23.0. The molecule has 4 fully saturated rings. The number of likely N-dealkylation sites (tertiary alicyclic amines) is 1. The number of nitrogens with one attached hydrogen (secondary N) is 1. The lowest BCUT2D eigenvalue weighted by Gasteiger charge is -2.41. The van der Waals surface area contributed by atoms with E-state index in [9.17, 15) is 28.5 Å². The Morgan fingerprint density at radius 2 is 1.85 bits per heavy atom. The maximum atomic E-state index is 16.3. The zero-order valence-electron chi connectivity index (χ0n) is 33.7. The molecule has 3 aromatic rings. The molecule has 4 saturated heterocycles. The second kappa shape index (κ2) is 19.5. The minimum absolute atomic E-state index is 0.0277. The number of alkyl halides is 2. The lowest BCUT2D eigenvalue weighted by atomic mass is 9.97. The second-order valence-electron chi connectivity index (χ2n) is 15.8. The predicted molar refractivity (Wildman–Crippen MR) is 219 cm³/mol. The third-order valence-corrected chi connectivity index (χ3v) is 14.9. The number of hydrogen-bond donors (Lipinski definition) is 1. The number of halogens is 2. The van der Waals surface area contributed by atoms with Gasteiger partial charge in [0.05, 0.1) is 30.6 Å². The van der Waals surface area contributed by atoms with E-state index in [4.69, 9.17) is 23.3 Å². The molecular formula is C40H48F2N5O11PS2. The van der Waals surface area contributed by atoms with Crippen LogP contribution in [0.3, 0.4) is 0 Å². The highest BCUT2D eigenvalue weighted by atomic mass is 32.2. The first-order chi connectivity index (χ1) is 29.2. The number of carbonyl (C=O) groups excluding carboxylic acids is 5. The highest BCUT2D eigenvalue weighted by molar-refractivity contribution is 8.13. The Balaban J connectivity index is 1.01. The van der Waals surface area contributed by atoms with E-state index in [2.05, 4.69) is 15.3 Å². The van der Waals surface area contributed by atoms with Crippen molar-refractivity contribution in [2.45, 2.75) is 94.6 Å². The Kier molecular flexibility index (Phi) is 14.4. The molecule has 1 unspecified atom stereocenters. The monoisotopic (exact) mass is 907 g/mol. The fraction of sp³-hybridized carbons (Fsp3) is 0.575. The fourth-order valence-electron chi connectivity index (χ4n) is 7.85. The molecule has 1 N–H and O–H groups in total. The number of rotatable bonds is 16. The van der Waals surface area contributed by atoms with Crippen molar-refractivity contribution < 1.29 is 60.6 Å². The first-order valence-electron chi connectivity index (χ1n) is 20.3. The summed E-state index contributed by atoms with van der Waals surface area (Å²) in [5, 5.41) is 2.87. The Morgan fingerprint density at radius 3 is 2.59 bits per heavy atom. The average molecular weight is 908 g/mol. The van der Waals surface area contributed by atoms with Gasteiger partial charge in [-0.05, 0) is 67.7 Å². The van der Waals surface area contributed by atoms with E-state index in [1.165, 1.54) is 12.1 Å². The van der Waals surface area contributed by atoms with Crippen LogP contribution in [-0.2, 0) is 47.9 Å². The topological polar surface area (TPSA) is 193 Å². The third kappa shape index (κ3) is 10.4. The predicted octanol–water partition coefficient (Wildman–Crippen LogP) is 6.44. The smallest absolute Gasteiger partial charge is 0.428 e. The zero-order chi connectivity index (χ0) is 43.3. The van der Waals surface area contributed by atoms with Gasteiger partial charge in [0.15, 0.2) is 5.12 Å². The van der Waals surface area contributed by atoms with Crippen LogP contribution in [0, 0.1) is 5.92 Å². The molecule has 0 spiro atoms. The average Bonchev–Trinajstić information content (AvgIpc) is 3.97. The zero-order valence-corrected chi connectivity index (χ0v) is 36.2. The molecule has 61 heavy (non-hydrogen) atoms. The lowest BCUT2D eigenvalue weighted by molar-refractivity contribution is -0.148. The number of nitrogens with zero attached hydrogens (tertiary/aromatic N) is 4. The maximum absolute atomic E-state index is 16.3. The molecule has 4 aliphatic rings. The van der Waals surface area contributed by atoms with Crippen molar-refractivity contribution >= 4 is 69.8 Å². The molecule has 4 aliphatic heterocycles. The third-order valence-electron chi connectivity index (χ3n) is 11.0. The van der Waals surface area contributed by atoms with Crippen LogP contribution in [0.25, 0.3) is 10.1 Å². The van der Waals surface area contributed by atoms with Crippen LogP contribution in [0.1, 0.15) is 85.8 Å². The molecule has 0 radical (unpaired) electrons. The summed E-state index contributed by atoms with van der Waals surface area (Å²) in [6.45, 7) is 3.42. The summed E-state index contributed by atoms with van der Waals surface area (Å²) in [6, 6.07) is 4.90. The number of amides is 3. The van der Waals surface area contributed by atoms with Crippen molar-refractivity contribution in [1.29, 1.82) is 0 Å². The Labute approximate surface area is 359 Å². The van der Waals surface area contributed by atoms with Crippen LogP contribution in [0.2, 0.25) is 0 Å². The number of hydrogen-bond acceptors (Lipinski definition) is 15. The summed E-state index contributed by atoms with van der Waals surface area (Å²) in [5.41, 5.74) is -5.05. The van der Waals surface area contributed by atoms with Gasteiger partial charge in [-0.1, -0.05) is 31.7 Å². The molecule has 16 nitrogen and oxygen atoms in total. The molecule has 0 bridgehead atoms. The van der Waals surface area contributed by atoms with Crippen LogP contribution >= 0.6 is 30.7 Å². The van der Waals surface area contributed by atoms with Gasteiger partial charge in [-0.2, -0.15) is 8.78 Å². The first kappa shape index (κ1) is 45.0. The van der Waals surface area contributed by atoms with Crippen LogP contribution < -0.4 is 5.32 Å². The number of thioether (sulfide) groups is 1. The number of thiophene rings is 1. The Morgan fingerprint density at radius 1 is 1.07 bits per heavy atom. The fourth-order valence-corrected chi connectivity index (χ4v) is 11.1. The molecule has 0 saturated carbocycles. The molecule has 330 valence electrons. The maximum Gasteiger partial charge on any atom is 0.510 e. The van der Waals surface area contributed by atoms with Gasteiger partial charge in [0, 0.05) is 60.4 Å².